The quantitative estimate of drug-likeness (QED) is 0.671. The zero-order valence-electron chi connectivity index (χ0n) is 10.9. The van der Waals surface area contributed by atoms with Crippen LogP contribution < -0.4 is 0 Å². The predicted octanol–water partition coefficient (Wildman–Crippen LogP) is 3.87. The number of carbonyl (C=O) groups is 2. The number of hydrogen-bond donors (Lipinski definition) is 1. The summed E-state index contributed by atoms with van der Waals surface area (Å²) in [5.74, 6) is -1.29. The van der Waals surface area contributed by atoms with Gasteiger partial charge in [-0.3, -0.25) is 9.59 Å². The number of ketones is 2. The Hall–Kier alpha value is -1.68. The van der Waals surface area contributed by atoms with Crippen LogP contribution in [0.15, 0.2) is 48.5 Å². The number of halogens is 2. The van der Waals surface area contributed by atoms with Gasteiger partial charge in [0, 0.05) is 22.0 Å². The van der Waals surface area contributed by atoms with Crippen molar-refractivity contribution in [1.29, 1.82) is 0 Å². The second-order valence-corrected chi connectivity index (χ2v) is 5.40. The second-order valence-electron chi connectivity index (χ2n) is 4.53. The molecule has 1 unspecified atom stereocenters. The Morgan fingerprint density at radius 2 is 1.38 bits per heavy atom. The predicted molar refractivity (Wildman–Crippen MR) is 81.8 cm³/mol. The molecular weight excluding hydrogens is 311 g/mol. The molecule has 0 bridgehead atoms. The molecule has 0 amide bonds. The van der Waals surface area contributed by atoms with Crippen LogP contribution in [0.3, 0.4) is 0 Å². The Labute approximate surface area is 132 Å². The van der Waals surface area contributed by atoms with Gasteiger partial charge < -0.3 is 5.11 Å². The van der Waals surface area contributed by atoms with Crippen LogP contribution in [0.2, 0.25) is 10.0 Å². The first-order valence-corrected chi connectivity index (χ1v) is 6.99. The van der Waals surface area contributed by atoms with E-state index in [9.17, 15) is 14.7 Å². The third kappa shape index (κ3) is 4.14. The minimum absolute atomic E-state index is 0.257. The largest absolute Gasteiger partial charge is 0.388 e. The first kappa shape index (κ1) is 15.7. The van der Waals surface area contributed by atoms with E-state index in [0.717, 1.165) is 0 Å². The highest BCUT2D eigenvalue weighted by atomic mass is 35.5. The average Bonchev–Trinajstić information content (AvgIpc) is 2.47. The van der Waals surface area contributed by atoms with Gasteiger partial charge in [-0.15, -0.1) is 0 Å². The summed E-state index contributed by atoms with van der Waals surface area (Å²) in [4.78, 5) is 23.9. The van der Waals surface area contributed by atoms with Crippen LogP contribution in [0, 0.1) is 0 Å². The maximum Gasteiger partial charge on any atom is 0.228 e. The molecule has 3 nitrogen and oxygen atoms in total. The molecule has 5 heteroatoms. The van der Waals surface area contributed by atoms with E-state index >= 15 is 0 Å². The first-order valence-electron chi connectivity index (χ1n) is 6.24. The van der Waals surface area contributed by atoms with Crippen molar-refractivity contribution in [2.45, 2.75) is 12.5 Å². The van der Waals surface area contributed by atoms with Gasteiger partial charge in [0.05, 0.1) is 6.10 Å². The molecule has 0 saturated heterocycles. The summed E-state index contributed by atoms with van der Waals surface area (Å²) in [6, 6.07) is 12.5. The van der Waals surface area contributed by atoms with Crippen molar-refractivity contribution in [1.82, 2.24) is 0 Å². The topological polar surface area (TPSA) is 54.4 Å². The van der Waals surface area contributed by atoms with E-state index in [0.29, 0.717) is 15.6 Å². The molecule has 0 fully saturated rings. The van der Waals surface area contributed by atoms with Crippen LogP contribution in [0.25, 0.3) is 0 Å². The molecule has 108 valence electrons. The van der Waals surface area contributed by atoms with Crippen molar-refractivity contribution < 1.29 is 14.7 Å². The van der Waals surface area contributed by atoms with E-state index in [1.54, 1.807) is 24.3 Å². The van der Waals surface area contributed by atoms with Crippen LogP contribution in [0.1, 0.15) is 28.4 Å². The highest BCUT2D eigenvalue weighted by Gasteiger charge is 2.20. The number of aliphatic hydroxyl groups is 1. The summed E-state index contributed by atoms with van der Waals surface area (Å²) in [6.45, 7) is 0. The fourth-order valence-corrected chi connectivity index (χ4v) is 2.09. The molecule has 0 aromatic heterocycles. The SMILES string of the molecule is O=C(CC(O)c1ccc(Cl)cc1)C(=O)c1ccc(Cl)cc1. The fraction of sp³-hybridized carbons (Fsp3) is 0.125. The molecular formula is C16H12Cl2O3. The van der Waals surface area contributed by atoms with Crippen LogP contribution in [-0.2, 0) is 4.79 Å². The maximum atomic E-state index is 12.0. The van der Waals surface area contributed by atoms with Gasteiger partial charge in [-0.2, -0.15) is 0 Å². The lowest BCUT2D eigenvalue weighted by molar-refractivity contribution is -0.117. The van der Waals surface area contributed by atoms with Crippen LogP contribution in [0.5, 0.6) is 0 Å². The van der Waals surface area contributed by atoms with Gasteiger partial charge in [0.1, 0.15) is 0 Å². The standard InChI is InChI=1S/C16H12Cl2O3/c17-12-5-1-10(2-6-12)14(19)9-15(20)16(21)11-3-7-13(18)8-4-11/h1-8,14,19H,9H2. The molecule has 0 spiro atoms. The number of hydrogen-bond acceptors (Lipinski definition) is 3. The van der Waals surface area contributed by atoms with E-state index in [1.165, 1.54) is 24.3 Å². The molecule has 0 radical (unpaired) electrons. The summed E-state index contributed by atoms with van der Waals surface area (Å²) in [6.07, 6.45) is -1.31. The van der Waals surface area contributed by atoms with Gasteiger partial charge in [0.25, 0.3) is 0 Å². The fourth-order valence-electron chi connectivity index (χ4n) is 1.83. The van der Waals surface area contributed by atoms with Crippen LogP contribution in [0.4, 0.5) is 0 Å². The Morgan fingerprint density at radius 1 is 0.905 bits per heavy atom. The Morgan fingerprint density at radius 3 is 1.90 bits per heavy atom. The Bertz CT molecular complexity index is 648. The van der Waals surface area contributed by atoms with E-state index < -0.39 is 17.7 Å². The zero-order valence-corrected chi connectivity index (χ0v) is 12.4. The first-order chi connectivity index (χ1) is 9.97. The molecule has 21 heavy (non-hydrogen) atoms. The summed E-state index contributed by atoms with van der Waals surface area (Å²) in [5.41, 5.74) is 0.796. The molecule has 0 aliphatic heterocycles. The number of benzene rings is 2. The molecule has 2 aromatic carbocycles. The van der Waals surface area contributed by atoms with Gasteiger partial charge in [0.2, 0.25) is 11.6 Å². The molecule has 1 atom stereocenters. The molecule has 0 aliphatic rings. The second kappa shape index (κ2) is 6.85. The number of carbonyl (C=O) groups excluding carboxylic acids is 2. The molecule has 0 heterocycles. The molecule has 2 rings (SSSR count). The lowest BCUT2D eigenvalue weighted by atomic mass is 9.99. The van der Waals surface area contributed by atoms with Gasteiger partial charge in [-0.05, 0) is 42.0 Å². The van der Waals surface area contributed by atoms with Crippen molar-refractivity contribution in [3.8, 4) is 0 Å². The van der Waals surface area contributed by atoms with Gasteiger partial charge in [-0.25, -0.2) is 0 Å². The third-order valence-electron chi connectivity index (χ3n) is 2.99. The van der Waals surface area contributed by atoms with Crippen molar-refractivity contribution >= 4 is 34.8 Å². The monoisotopic (exact) mass is 322 g/mol. The summed E-state index contributed by atoms with van der Waals surface area (Å²) in [7, 11) is 0. The summed E-state index contributed by atoms with van der Waals surface area (Å²) in [5, 5.41) is 11.0. The third-order valence-corrected chi connectivity index (χ3v) is 3.50. The molecule has 1 N–H and O–H groups in total. The maximum absolute atomic E-state index is 12.0. The van der Waals surface area contributed by atoms with E-state index in [-0.39, 0.29) is 12.0 Å². The van der Waals surface area contributed by atoms with Crippen molar-refractivity contribution in [2.75, 3.05) is 0 Å². The smallest absolute Gasteiger partial charge is 0.228 e. The number of aliphatic hydroxyl groups excluding tert-OH is 1. The lowest BCUT2D eigenvalue weighted by Crippen LogP contribution is -2.17. The van der Waals surface area contributed by atoms with Crippen LogP contribution in [-0.4, -0.2) is 16.7 Å². The molecule has 0 aliphatic carbocycles. The summed E-state index contributed by atoms with van der Waals surface area (Å²) < 4.78 is 0. The molecule has 0 saturated carbocycles. The zero-order chi connectivity index (χ0) is 15.4. The van der Waals surface area contributed by atoms with Crippen molar-refractivity contribution in [3.63, 3.8) is 0 Å². The average molecular weight is 323 g/mol. The summed E-state index contributed by atoms with van der Waals surface area (Å²) >= 11 is 11.5. The van der Waals surface area contributed by atoms with Gasteiger partial charge >= 0.3 is 0 Å². The number of Topliss-reactive ketones (excluding diaryl/α,β-unsaturated/α-hetero) is 2. The highest BCUT2D eigenvalue weighted by molar-refractivity contribution is 6.44. The minimum Gasteiger partial charge on any atom is -0.388 e. The normalized spacial score (nSPS) is 12.0. The van der Waals surface area contributed by atoms with E-state index in [1.807, 2.05) is 0 Å². The van der Waals surface area contributed by atoms with E-state index in [4.69, 9.17) is 23.2 Å². The highest BCUT2D eigenvalue weighted by Crippen LogP contribution is 2.20. The van der Waals surface area contributed by atoms with Crippen LogP contribution >= 0.6 is 23.2 Å². The van der Waals surface area contributed by atoms with Gasteiger partial charge in [0.15, 0.2) is 0 Å². The van der Waals surface area contributed by atoms with Gasteiger partial charge in [-0.1, -0.05) is 35.3 Å². The molecule has 2 aromatic rings. The van der Waals surface area contributed by atoms with Crippen molar-refractivity contribution in [2.24, 2.45) is 0 Å². The van der Waals surface area contributed by atoms with E-state index in [2.05, 4.69) is 0 Å². The van der Waals surface area contributed by atoms with Crippen molar-refractivity contribution in [3.05, 3.63) is 69.7 Å². The Kier molecular flexibility index (Phi) is 5.12. The lowest BCUT2D eigenvalue weighted by Gasteiger charge is -2.09. The Balaban J connectivity index is 2.05. The minimum atomic E-state index is -1.04. The number of rotatable bonds is 5.